The van der Waals surface area contributed by atoms with Crippen LogP contribution in [0.2, 0.25) is 6.04 Å². The van der Waals surface area contributed by atoms with Crippen molar-refractivity contribution in [2.45, 2.75) is 26.3 Å². The van der Waals surface area contributed by atoms with Gasteiger partial charge < -0.3 is 22.8 Å². The summed E-state index contributed by atoms with van der Waals surface area (Å²) in [6.45, 7) is 3.24. The van der Waals surface area contributed by atoms with Crippen molar-refractivity contribution in [2.24, 2.45) is 5.41 Å². The average molecular weight is 278 g/mol. The standard InChI is InChI=1S/C11H22O6Si/c1-11(2,9-12)10(13)17-7-6-8-18(14-3,15-4)16-5/h9H,6-8H2,1-5H3. The first-order valence-electron chi connectivity index (χ1n) is 5.66. The van der Waals surface area contributed by atoms with Crippen molar-refractivity contribution in [2.75, 3.05) is 27.9 Å². The van der Waals surface area contributed by atoms with Crippen LogP contribution in [0.4, 0.5) is 0 Å². The molecule has 0 atom stereocenters. The first-order valence-corrected chi connectivity index (χ1v) is 7.59. The van der Waals surface area contributed by atoms with Crippen molar-refractivity contribution >= 4 is 21.1 Å². The van der Waals surface area contributed by atoms with Crippen molar-refractivity contribution in [3.05, 3.63) is 0 Å². The molecule has 0 aliphatic carbocycles. The highest BCUT2D eigenvalue weighted by Crippen LogP contribution is 2.17. The van der Waals surface area contributed by atoms with Crippen LogP contribution in [0.3, 0.4) is 0 Å². The molecule has 0 saturated carbocycles. The van der Waals surface area contributed by atoms with E-state index < -0.39 is 20.2 Å². The van der Waals surface area contributed by atoms with Crippen molar-refractivity contribution in [1.82, 2.24) is 0 Å². The Bertz CT molecular complexity index is 266. The van der Waals surface area contributed by atoms with Crippen LogP contribution in [0.25, 0.3) is 0 Å². The molecule has 0 aromatic rings. The third-order valence-electron chi connectivity index (χ3n) is 2.61. The Morgan fingerprint density at radius 2 is 1.67 bits per heavy atom. The summed E-state index contributed by atoms with van der Waals surface area (Å²) in [5.41, 5.74) is -1.10. The lowest BCUT2D eigenvalue weighted by atomic mass is 9.96. The fraction of sp³-hybridized carbons (Fsp3) is 0.818. The molecule has 18 heavy (non-hydrogen) atoms. The van der Waals surface area contributed by atoms with E-state index in [-0.39, 0.29) is 6.61 Å². The number of esters is 1. The van der Waals surface area contributed by atoms with Gasteiger partial charge in [-0.2, -0.15) is 0 Å². The molecule has 7 heteroatoms. The Labute approximate surface area is 109 Å². The van der Waals surface area contributed by atoms with Crippen LogP contribution < -0.4 is 0 Å². The molecule has 0 aliphatic heterocycles. The Hall–Kier alpha value is -0.763. The second-order valence-corrected chi connectivity index (χ2v) is 7.47. The number of carbonyl (C=O) groups excluding carboxylic acids is 2. The maximum Gasteiger partial charge on any atom is 0.500 e. The fourth-order valence-corrected chi connectivity index (χ4v) is 2.93. The molecular weight excluding hydrogens is 256 g/mol. The van der Waals surface area contributed by atoms with Gasteiger partial charge in [-0.1, -0.05) is 0 Å². The van der Waals surface area contributed by atoms with Gasteiger partial charge in [0.2, 0.25) is 0 Å². The van der Waals surface area contributed by atoms with Gasteiger partial charge in [0, 0.05) is 27.4 Å². The highest BCUT2D eigenvalue weighted by atomic mass is 28.4. The van der Waals surface area contributed by atoms with Crippen LogP contribution in [0.15, 0.2) is 0 Å². The summed E-state index contributed by atoms with van der Waals surface area (Å²) in [6, 6.07) is 0.547. The highest BCUT2D eigenvalue weighted by Gasteiger charge is 2.37. The minimum Gasteiger partial charge on any atom is -0.465 e. The molecule has 0 saturated heterocycles. The van der Waals surface area contributed by atoms with E-state index in [4.69, 9.17) is 18.0 Å². The van der Waals surface area contributed by atoms with Crippen molar-refractivity contribution in [3.63, 3.8) is 0 Å². The van der Waals surface area contributed by atoms with E-state index in [1.54, 1.807) is 0 Å². The normalized spacial score (nSPS) is 12.3. The molecule has 0 heterocycles. The van der Waals surface area contributed by atoms with E-state index in [9.17, 15) is 9.59 Å². The minimum absolute atomic E-state index is 0.209. The van der Waals surface area contributed by atoms with E-state index >= 15 is 0 Å². The zero-order valence-electron chi connectivity index (χ0n) is 11.6. The van der Waals surface area contributed by atoms with Crippen LogP contribution in [0, 0.1) is 5.41 Å². The van der Waals surface area contributed by atoms with E-state index in [0.29, 0.717) is 18.8 Å². The average Bonchev–Trinajstić information content (AvgIpc) is 2.39. The second kappa shape index (κ2) is 7.62. The van der Waals surface area contributed by atoms with Gasteiger partial charge in [-0.15, -0.1) is 0 Å². The van der Waals surface area contributed by atoms with Crippen LogP contribution in [0.1, 0.15) is 20.3 Å². The zero-order chi connectivity index (χ0) is 14.2. The molecule has 0 aromatic heterocycles. The smallest absolute Gasteiger partial charge is 0.465 e. The van der Waals surface area contributed by atoms with Crippen LogP contribution in [-0.2, 0) is 27.6 Å². The van der Waals surface area contributed by atoms with Crippen molar-refractivity contribution < 1.29 is 27.6 Å². The lowest BCUT2D eigenvalue weighted by Gasteiger charge is -2.24. The molecule has 0 amide bonds. The van der Waals surface area contributed by atoms with Crippen molar-refractivity contribution in [3.8, 4) is 0 Å². The van der Waals surface area contributed by atoms with E-state index in [2.05, 4.69) is 0 Å². The first kappa shape index (κ1) is 17.2. The molecule has 0 aliphatic rings. The Kier molecular flexibility index (Phi) is 7.30. The summed E-state index contributed by atoms with van der Waals surface area (Å²) in [5, 5.41) is 0. The quantitative estimate of drug-likeness (QED) is 0.206. The van der Waals surface area contributed by atoms with Crippen LogP contribution in [-0.4, -0.2) is 49.0 Å². The summed E-state index contributed by atoms with van der Waals surface area (Å²) in [4.78, 5) is 22.1. The maximum absolute atomic E-state index is 11.5. The second-order valence-electron chi connectivity index (χ2n) is 4.37. The summed E-state index contributed by atoms with van der Waals surface area (Å²) in [5.74, 6) is -0.531. The molecule has 0 rings (SSSR count). The molecule has 0 unspecified atom stereocenters. The Morgan fingerprint density at radius 1 is 1.17 bits per heavy atom. The van der Waals surface area contributed by atoms with Gasteiger partial charge in [0.1, 0.15) is 11.7 Å². The van der Waals surface area contributed by atoms with E-state index in [1.807, 2.05) is 0 Å². The number of ether oxygens (including phenoxy) is 1. The molecular formula is C11H22O6Si. The summed E-state index contributed by atoms with van der Waals surface area (Å²) in [6.07, 6.45) is 1.14. The van der Waals surface area contributed by atoms with Gasteiger partial charge >= 0.3 is 14.8 Å². The molecule has 0 fully saturated rings. The van der Waals surface area contributed by atoms with Gasteiger partial charge in [0.15, 0.2) is 0 Å². The predicted octanol–water partition coefficient (Wildman–Crippen LogP) is 1.02. The molecule has 6 nitrogen and oxygen atoms in total. The first-order chi connectivity index (χ1) is 8.37. The SMILES string of the molecule is CO[Si](CCCOC(=O)C(C)(C)C=O)(OC)OC. The van der Waals surface area contributed by atoms with Gasteiger partial charge in [0.05, 0.1) is 6.61 Å². The third-order valence-corrected chi connectivity index (χ3v) is 5.45. The number of aldehydes is 1. The monoisotopic (exact) mass is 278 g/mol. The Morgan fingerprint density at radius 3 is 2.06 bits per heavy atom. The van der Waals surface area contributed by atoms with Gasteiger partial charge in [0.25, 0.3) is 0 Å². The van der Waals surface area contributed by atoms with E-state index in [1.165, 1.54) is 35.2 Å². The zero-order valence-corrected chi connectivity index (χ0v) is 12.6. The third kappa shape index (κ3) is 4.85. The van der Waals surface area contributed by atoms with E-state index in [0.717, 1.165) is 0 Å². The van der Waals surface area contributed by atoms with Gasteiger partial charge in [-0.3, -0.25) is 4.79 Å². The number of hydrogen-bond donors (Lipinski definition) is 0. The summed E-state index contributed by atoms with van der Waals surface area (Å²) in [7, 11) is 1.98. The summed E-state index contributed by atoms with van der Waals surface area (Å²) >= 11 is 0. The molecule has 0 aromatic carbocycles. The molecule has 0 bridgehead atoms. The van der Waals surface area contributed by atoms with Crippen LogP contribution >= 0.6 is 0 Å². The molecule has 0 radical (unpaired) electrons. The molecule has 0 spiro atoms. The number of hydrogen-bond acceptors (Lipinski definition) is 6. The highest BCUT2D eigenvalue weighted by molar-refractivity contribution is 6.60. The molecule has 0 N–H and O–H groups in total. The lowest BCUT2D eigenvalue weighted by Crippen LogP contribution is -2.42. The largest absolute Gasteiger partial charge is 0.500 e. The number of rotatable bonds is 9. The number of carbonyl (C=O) groups is 2. The van der Waals surface area contributed by atoms with Gasteiger partial charge in [-0.05, 0) is 20.3 Å². The Balaban J connectivity index is 4.07. The summed E-state index contributed by atoms with van der Waals surface area (Å²) < 4.78 is 20.7. The van der Waals surface area contributed by atoms with Crippen molar-refractivity contribution in [1.29, 1.82) is 0 Å². The minimum atomic E-state index is -2.60. The van der Waals surface area contributed by atoms with Crippen LogP contribution in [0.5, 0.6) is 0 Å². The molecule has 106 valence electrons. The van der Waals surface area contributed by atoms with Gasteiger partial charge in [-0.25, -0.2) is 0 Å². The maximum atomic E-state index is 11.5. The fourth-order valence-electron chi connectivity index (χ4n) is 1.24. The lowest BCUT2D eigenvalue weighted by molar-refractivity contribution is -0.155. The predicted molar refractivity (Wildman–Crippen MR) is 67.0 cm³/mol. The topological polar surface area (TPSA) is 71.1 Å².